The molecule has 96 valence electrons. The van der Waals surface area contributed by atoms with Crippen LogP contribution in [-0.2, 0) is 14.3 Å². The van der Waals surface area contributed by atoms with Crippen molar-refractivity contribution in [3.63, 3.8) is 0 Å². The van der Waals surface area contributed by atoms with Crippen molar-refractivity contribution in [2.75, 3.05) is 6.61 Å². The average Bonchev–Trinajstić information content (AvgIpc) is 2.35. The number of nitrogens with one attached hydrogen (secondary N) is 1. The molecule has 0 bridgehead atoms. The Morgan fingerprint density at radius 2 is 2.22 bits per heavy atom. The molecule has 1 rings (SSSR count). The van der Waals surface area contributed by atoms with Crippen molar-refractivity contribution in [2.45, 2.75) is 13.0 Å². The lowest BCUT2D eigenvalue weighted by molar-refractivity contribution is -0.147. The van der Waals surface area contributed by atoms with Crippen LogP contribution >= 0.6 is 15.9 Å². The number of esters is 1. The van der Waals surface area contributed by atoms with E-state index in [-0.39, 0.29) is 12.5 Å². The molecule has 1 aromatic carbocycles. The molecule has 0 fully saturated rings. The third-order valence-corrected chi connectivity index (χ3v) is 2.57. The van der Waals surface area contributed by atoms with Gasteiger partial charge >= 0.3 is 5.97 Å². The molecule has 0 aromatic heterocycles. The molecule has 6 heteroatoms. The summed E-state index contributed by atoms with van der Waals surface area (Å²) >= 11 is 3.25. The number of benzene rings is 1. The lowest BCUT2D eigenvalue weighted by atomic mass is 10.2. The van der Waals surface area contributed by atoms with Crippen LogP contribution in [0.2, 0.25) is 0 Å². The molecule has 5 nitrogen and oxygen atoms in total. The lowest BCUT2D eigenvalue weighted by Crippen LogP contribution is -2.39. The molecule has 1 atom stereocenters. The number of hydrogen-bond acceptors (Lipinski definition) is 4. The van der Waals surface area contributed by atoms with Gasteiger partial charge in [0.1, 0.15) is 12.6 Å². The standard InChI is InChI=1S/C12H12BrNO4/c1-8(12(17)18-6-5-15)14-11(16)9-3-2-4-10(13)7-9/h2-5,7-8H,6H2,1H3,(H,14,16)/t8-/m0/s1. The third-order valence-electron chi connectivity index (χ3n) is 2.08. The van der Waals surface area contributed by atoms with Crippen LogP contribution in [0.1, 0.15) is 17.3 Å². The second-order valence-corrected chi connectivity index (χ2v) is 4.42. The summed E-state index contributed by atoms with van der Waals surface area (Å²) < 4.78 is 5.35. The first-order chi connectivity index (χ1) is 8.54. The molecule has 0 saturated heterocycles. The summed E-state index contributed by atoms with van der Waals surface area (Å²) in [6.07, 6.45) is 0.473. The van der Waals surface area contributed by atoms with Crippen LogP contribution in [0.3, 0.4) is 0 Å². The van der Waals surface area contributed by atoms with E-state index in [4.69, 9.17) is 0 Å². The molecule has 0 radical (unpaired) electrons. The number of hydrogen-bond donors (Lipinski definition) is 1. The first-order valence-corrected chi connectivity index (χ1v) is 6.00. The summed E-state index contributed by atoms with van der Waals surface area (Å²) in [5.41, 5.74) is 0.430. The largest absolute Gasteiger partial charge is 0.456 e. The van der Waals surface area contributed by atoms with E-state index in [0.29, 0.717) is 11.8 Å². The van der Waals surface area contributed by atoms with Crippen LogP contribution in [0.25, 0.3) is 0 Å². The Labute approximate surface area is 113 Å². The zero-order chi connectivity index (χ0) is 13.5. The van der Waals surface area contributed by atoms with Gasteiger partial charge in [0.2, 0.25) is 0 Å². The van der Waals surface area contributed by atoms with Gasteiger partial charge in [-0.2, -0.15) is 0 Å². The zero-order valence-electron chi connectivity index (χ0n) is 9.68. The minimum Gasteiger partial charge on any atom is -0.456 e. The molecule has 1 amide bonds. The first kappa shape index (κ1) is 14.4. The van der Waals surface area contributed by atoms with Gasteiger partial charge in [-0.3, -0.25) is 9.59 Å². The van der Waals surface area contributed by atoms with E-state index in [1.807, 2.05) is 0 Å². The lowest BCUT2D eigenvalue weighted by Gasteiger charge is -2.12. The summed E-state index contributed by atoms with van der Waals surface area (Å²) in [6, 6.07) is 5.96. The zero-order valence-corrected chi connectivity index (χ0v) is 11.3. The molecule has 1 N–H and O–H groups in total. The number of amides is 1. The van der Waals surface area contributed by atoms with E-state index < -0.39 is 12.0 Å². The molecule has 0 aliphatic carbocycles. The van der Waals surface area contributed by atoms with Gasteiger partial charge in [0.05, 0.1) is 0 Å². The summed E-state index contributed by atoms with van der Waals surface area (Å²) in [4.78, 5) is 33.2. The monoisotopic (exact) mass is 313 g/mol. The van der Waals surface area contributed by atoms with Crippen molar-refractivity contribution in [3.05, 3.63) is 34.3 Å². The molecule has 0 heterocycles. The molecule has 18 heavy (non-hydrogen) atoms. The Bertz CT molecular complexity index is 461. The summed E-state index contributed by atoms with van der Waals surface area (Å²) in [7, 11) is 0. The van der Waals surface area contributed by atoms with Crippen molar-refractivity contribution in [3.8, 4) is 0 Å². The molecule has 0 aliphatic rings. The predicted octanol–water partition coefficient (Wildman–Crippen LogP) is 1.31. The van der Waals surface area contributed by atoms with Gasteiger partial charge in [0, 0.05) is 10.0 Å². The summed E-state index contributed by atoms with van der Waals surface area (Å²) in [6.45, 7) is 1.18. The molecule has 0 unspecified atom stereocenters. The molecular weight excluding hydrogens is 302 g/mol. The quantitative estimate of drug-likeness (QED) is 0.657. The topological polar surface area (TPSA) is 72.5 Å². The van der Waals surface area contributed by atoms with Gasteiger partial charge in [0.25, 0.3) is 5.91 Å². The van der Waals surface area contributed by atoms with Gasteiger partial charge in [0.15, 0.2) is 6.29 Å². The minimum absolute atomic E-state index is 0.310. The SMILES string of the molecule is C[C@H](NC(=O)c1cccc(Br)c1)C(=O)OCC=O. The highest BCUT2D eigenvalue weighted by Gasteiger charge is 2.17. The highest BCUT2D eigenvalue weighted by Crippen LogP contribution is 2.11. The van der Waals surface area contributed by atoms with E-state index in [2.05, 4.69) is 26.0 Å². The van der Waals surface area contributed by atoms with Crippen molar-refractivity contribution in [1.82, 2.24) is 5.32 Å². The van der Waals surface area contributed by atoms with E-state index >= 15 is 0 Å². The minimum atomic E-state index is -0.809. The maximum atomic E-state index is 11.8. The molecule has 0 aliphatic heterocycles. The van der Waals surface area contributed by atoms with Gasteiger partial charge in [-0.1, -0.05) is 22.0 Å². The Kier molecular flexibility index (Phi) is 5.51. The third kappa shape index (κ3) is 4.29. The highest BCUT2D eigenvalue weighted by molar-refractivity contribution is 9.10. The summed E-state index contributed by atoms with van der Waals surface area (Å²) in [5, 5.41) is 2.48. The number of carbonyl (C=O) groups excluding carboxylic acids is 3. The van der Waals surface area contributed by atoms with Crippen LogP contribution < -0.4 is 5.32 Å². The summed E-state index contributed by atoms with van der Waals surface area (Å²) in [5.74, 6) is -1.03. The van der Waals surface area contributed by atoms with Crippen molar-refractivity contribution in [2.24, 2.45) is 0 Å². The van der Waals surface area contributed by atoms with E-state index in [0.717, 1.165) is 4.47 Å². The van der Waals surface area contributed by atoms with E-state index in [9.17, 15) is 14.4 Å². The second-order valence-electron chi connectivity index (χ2n) is 3.50. The Morgan fingerprint density at radius 3 is 2.83 bits per heavy atom. The maximum absolute atomic E-state index is 11.8. The van der Waals surface area contributed by atoms with Crippen LogP contribution in [-0.4, -0.2) is 30.8 Å². The maximum Gasteiger partial charge on any atom is 0.328 e. The molecule has 1 aromatic rings. The van der Waals surface area contributed by atoms with Gasteiger partial charge in [-0.05, 0) is 25.1 Å². The normalized spacial score (nSPS) is 11.4. The molecule has 0 saturated carbocycles. The fraction of sp³-hybridized carbons (Fsp3) is 0.250. The Morgan fingerprint density at radius 1 is 1.50 bits per heavy atom. The van der Waals surface area contributed by atoms with Crippen LogP contribution in [0.15, 0.2) is 28.7 Å². The van der Waals surface area contributed by atoms with E-state index in [1.54, 1.807) is 24.3 Å². The van der Waals surface area contributed by atoms with E-state index in [1.165, 1.54) is 6.92 Å². The Balaban J connectivity index is 2.59. The van der Waals surface area contributed by atoms with Gasteiger partial charge in [-0.15, -0.1) is 0 Å². The number of ether oxygens (including phenoxy) is 1. The Hall–Kier alpha value is -1.69. The number of carbonyl (C=O) groups is 3. The van der Waals surface area contributed by atoms with Crippen molar-refractivity contribution in [1.29, 1.82) is 0 Å². The van der Waals surface area contributed by atoms with Crippen LogP contribution in [0, 0.1) is 0 Å². The van der Waals surface area contributed by atoms with Gasteiger partial charge < -0.3 is 10.1 Å². The number of aldehydes is 1. The van der Waals surface area contributed by atoms with Crippen molar-refractivity contribution < 1.29 is 19.1 Å². The fourth-order valence-corrected chi connectivity index (χ4v) is 1.61. The predicted molar refractivity (Wildman–Crippen MR) is 68.1 cm³/mol. The van der Waals surface area contributed by atoms with Crippen LogP contribution in [0.4, 0.5) is 0 Å². The van der Waals surface area contributed by atoms with Gasteiger partial charge in [-0.25, -0.2) is 4.79 Å². The second kappa shape index (κ2) is 6.90. The van der Waals surface area contributed by atoms with Crippen molar-refractivity contribution >= 4 is 34.1 Å². The molecule has 0 spiro atoms. The highest BCUT2D eigenvalue weighted by atomic mass is 79.9. The smallest absolute Gasteiger partial charge is 0.328 e. The first-order valence-electron chi connectivity index (χ1n) is 5.21. The average molecular weight is 314 g/mol. The molecular formula is C12H12BrNO4. The number of rotatable bonds is 5. The number of halogens is 1. The fourth-order valence-electron chi connectivity index (χ4n) is 1.21. The van der Waals surface area contributed by atoms with Crippen LogP contribution in [0.5, 0.6) is 0 Å².